The van der Waals surface area contributed by atoms with Gasteiger partial charge in [0.25, 0.3) is 0 Å². The van der Waals surface area contributed by atoms with Gasteiger partial charge in [0.05, 0.1) is 16.6 Å². The number of pyridine rings is 1. The lowest BCUT2D eigenvalue weighted by Gasteiger charge is -2.39. The van der Waals surface area contributed by atoms with E-state index in [1.807, 2.05) is 36.4 Å². The van der Waals surface area contributed by atoms with Gasteiger partial charge >= 0.3 is 0 Å². The fourth-order valence-corrected chi connectivity index (χ4v) is 10.1. The van der Waals surface area contributed by atoms with Gasteiger partial charge in [-0.25, -0.2) is 19.9 Å². The maximum absolute atomic E-state index is 6.99. The highest BCUT2D eigenvalue weighted by Gasteiger charge is 2.51. The molecule has 0 atom stereocenters. The molecule has 9 aromatic carbocycles. The smallest absolute Gasteiger partial charge is 0.164 e. The summed E-state index contributed by atoms with van der Waals surface area (Å²) in [5, 5.41) is 3.20. The number of ether oxygens (including phenoxy) is 1. The Morgan fingerprint density at radius 1 is 0.297 bits per heavy atom. The molecule has 2 aromatic heterocycles. The number of hydrogen-bond donors (Lipinski definition) is 0. The van der Waals surface area contributed by atoms with Crippen LogP contribution in [0.3, 0.4) is 0 Å². The Bertz CT molecular complexity index is 3600. The lowest BCUT2D eigenvalue weighted by Crippen LogP contribution is -2.32. The highest BCUT2D eigenvalue weighted by atomic mass is 16.5. The minimum absolute atomic E-state index is 0.579. The molecular weight excluding hydrogens is 781 g/mol. The van der Waals surface area contributed by atoms with Gasteiger partial charge in [-0.3, -0.25) is 0 Å². The van der Waals surface area contributed by atoms with Crippen molar-refractivity contribution in [2.75, 3.05) is 0 Å². The molecule has 298 valence electrons. The molecule has 0 saturated carbocycles. The minimum atomic E-state index is -0.579. The van der Waals surface area contributed by atoms with Crippen molar-refractivity contribution in [3.8, 4) is 79.2 Å². The van der Waals surface area contributed by atoms with E-state index in [-0.39, 0.29) is 0 Å². The Kier molecular flexibility index (Phi) is 8.06. The third kappa shape index (κ3) is 5.51. The van der Waals surface area contributed by atoms with Crippen LogP contribution in [0.5, 0.6) is 11.5 Å². The van der Waals surface area contributed by atoms with E-state index in [9.17, 15) is 0 Å². The molecule has 0 bridgehead atoms. The van der Waals surface area contributed by atoms with Crippen LogP contribution in [-0.4, -0.2) is 19.9 Å². The summed E-state index contributed by atoms with van der Waals surface area (Å²) in [5.41, 5.74) is 14.4. The number of aromatic nitrogens is 4. The molecule has 0 fully saturated rings. The second kappa shape index (κ2) is 14.3. The van der Waals surface area contributed by atoms with Gasteiger partial charge in [-0.05, 0) is 69.1 Å². The fourth-order valence-electron chi connectivity index (χ4n) is 10.1. The van der Waals surface area contributed by atoms with Gasteiger partial charge in [0.2, 0.25) is 0 Å². The summed E-state index contributed by atoms with van der Waals surface area (Å²) in [4.78, 5) is 20.7. The average Bonchev–Trinajstić information content (AvgIpc) is 3.66. The Morgan fingerprint density at radius 2 is 0.812 bits per heavy atom. The lowest BCUT2D eigenvalue weighted by atomic mass is 9.65. The van der Waals surface area contributed by atoms with E-state index in [1.165, 1.54) is 22.3 Å². The van der Waals surface area contributed by atoms with Crippen LogP contribution >= 0.6 is 0 Å². The van der Waals surface area contributed by atoms with Gasteiger partial charge < -0.3 is 4.74 Å². The van der Waals surface area contributed by atoms with Gasteiger partial charge in [-0.1, -0.05) is 188 Å². The Balaban J connectivity index is 1.01. The summed E-state index contributed by atoms with van der Waals surface area (Å²) >= 11 is 0. The third-order valence-corrected chi connectivity index (χ3v) is 13.0. The summed E-state index contributed by atoms with van der Waals surface area (Å²) in [5.74, 6) is 3.48. The van der Waals surface area contributed by atoms with Crippen molar-refractivity contribution in [3.05, 3.63) is 241 Å². The van der Waals surface area contributed by atoms with E-state index in [2.05, 4.69) is 182 Å². The largest absolute Gasteiger partial charge is 0.457 e. The first-order valence-electron chi connectivity index (χ1n) is 21.6. The summed E-state index contributed by atoms with van der Waals surface area (Å²) in [7, 11) is 0. The first kappa shape index (κ1) is 36.1. The maximum Gasteiger partial charge on any atom is 0.164 e. The van der Waals surface area contributed by atoms with E-state index in [0.29, 0.717) is 17.5 Å². The summed E-state index contributed by atoms with van der Waals surface area (Å²) < 4.78 is 6.99. The molecule has 0 saturated heterocycles. The molecule has 0 N–H and O–H groups in total. The molecule has 64 heavy (non-hydrogen) atoms. The molecule has 0 unspecified atom stereocenters. The second-order valence-electron chi connectivity index (χ2n) is 16.5. The Morgan fingerprint density at radius 3 is 1.53 bits per heavy atom. The SMILES string of the molecule is c1ccc(-c2ccc(-c3nc(-c4ccccc4)nc(-c4cccc(-c5nc6ccccc6c6cc7c(cc56)Oc5ccccc5C75c6ccccc6-c6ccccc65)c4)n3)cc2)cc1. The summed E-state index contributed by atoms with van der Waals surface area (Å²) in [6.45, 7) is 0. The molecule has 2 aliphatic rings. The van der Waals surface area contributed by atoms with E-state index in [0.717, 1.165) is 83.4 Å². The zero-order valence-corrected chi connectivity index (χ0v) is 34.5. The number of hydrogen-bond acceptors (Lipinski definition) is 5. The van der Waals surface area contributed by atoms with E-state index >= 15 is 0 Å². The molecule has 5 heteroatoms. The zero-order chi connectivity index (χ0) is 42.2. The Hall–Kier alpha value is -8.54. The van der Waals surface area contributed by atoms with Gasteiger partial charge in [0.1, 0.15) is 11.5 Å². The van der Waals surface area contributed by atoms with Crippen molar-refractivity contribution in [1.29, 1.82) is 0 Å². The van der Waals surface area contributed by atoms with E-state index < -0.39 is 5.41 Å². The quantitative estimate of drug-likeness (QED) is 0.162. The highest BCUT2D eigenvalue weighted by molar-refractivity contribution is 6.12. The van der Waals surface area contributed by atoms with Crippen LogP contribution in [0, 0.1) is 0 Å². The monoisotopic (exact) mass is 816 g/mol. The van der Waals surface area contributed by atoms with Crippen LogP contribution in [0.1, 0.15) is 22.3 Å². The predicted molar refractivity (Wildman–Crippen MR) is 257 cm³/mol. The van der Waals surface area contributed by atoms with Crippen LogP contribution in [0.25, 0.3) is 89.4 Å². The molecule has 1 spiro atoms. The molecular formula is C59H36N4O. The molecule has 1 aliphatic carbocycles. The molecule has 11 aromatic rings. The first-order chi connectivity index (χ1) is 31.7. The van der Waals surface area contributed by atoms with Crippen LogP contribution in [0.15, 0.2) is 218 Å². The number of rotatable bonds is 5. The van der Waals surface area contributed by atoms with Crippen molar-refractivity contribution in [1.82, 2.24) is 19.9 Å². The standard InChI is InChI=1S/C59H36N4O/c1-3-16-37(17-4-1)38-30-32-40(33-31-38)57-61-56(39-18-5-2-6-19-39)62-58(63-57)42-21-15-20-41(34-42)55-47-36-54-51(35-46(47)45-24-9-13-28-52(45)60-55)59(50-27-12-14-29-53(50)64-54)48-25-10-7-22-43(48)44-23-8-11-26-49(44)59/h1-36H. The zero-order valence-electron chi connectivity index (χ0n) is 34.5. The molecule has 0 radical (unpaired) electrons. The molecule has 1 aliphatic heterocycles. The van der Waals surface area contributed by atoms with Crippen LogP contribution in [0.2, 0.25) is 0 Å². The average molecular weight is 817 g/mol. The molecule has 0 amide bonds. The third-order valence-electron chi connectivity index (χ3n) is 13.0. The lowest BCUT2D eigenvalue weighted by molar-refractivity contribution is 0.437. The van der Waals surface area contributed by atoms with Gasteiger partial charge in [0, 0.05) is 44.2 Å². The van der Waals surface area contributed by atoms with Gasteiger partial charge in [0.15, 0.2) is 17.5 Å². The van der Waals surface area contributed by atoms with Crippen LogP contribution < -0.4 is 4.74 Å². The number of benzene rings is 9. The minimum Gasteiger partial charge on any atom is -0.457 e. The topological polar surface area (TPSA) is 60.8 Å². The van der Waals surface area contributed by atoms with Crippen molar-refractivity contribution in [2.45, 2.75) is 5.41 Å². The van der Waals surface area contributed by atoms with Crippen molar-refractivity contribution >= 4 is 21.7 Å². The van der Waals surface area contributed by atoms with E-state index in [1.54, 1.807) is 0 Å². The van der Waals surface area contributed by atoms with Crippen molar-refractivity contribution in [3.63, 3.8) is 0 Å². The number of para-hydroxylation sites is 2. The maximum atomic E-state index is 6.99. The van der Waals surface area contributed by atoms with Gasteiger partial charge in [-0.2, -0.15) is 0 Å². The molecule has 3 heterocycles. The van der Waals surface area contributed by atoms with Crippen molar-refractivity contribution < 1.29 is 4.74 Å². The van der Waals surface area contributed by atoms with E-state index in [4.69, 9.17) is 24.7 Å². The summed E-state index contributed by atoms with van der Waals surface area (Å²) in [6.07, 6.45) is 0. The van der Waals surface area contributed by atoms with Crippen molar-refractivity contribution in [2.24, 2.45) is 0 Å². The second-order valence-corrected chi connectivity index (χ2v) is 16.5. The normalized spacial score (nSPS) is 12.9. The molecule has 5 nitrogen and oxygen atoms in total. The Labute approximate surface area is 370 Å². The van der Waals surface area contributed by atoms with Crippen LogP contribution in [0.4, 0.5) is 0 Å². The van der Waals surface area contributed by atoms with Crippen LogP contribution in [-0.2, 0) is 5.41 Å². The summed E-state index contributed by atoms with van der Waals surface area (Å²) in [6, 6.07) is 76.6. The highest BCUT2D eigenvalue weighted by Crippen LogP contribution is 2.62. The van der Waals surface area contributed by atoms with Gasteiger partial charge in [-0.15, -0.1) is 0 Å². The fraction of sp³-hybridized carbons (Fsp3) is 0.0169. The molecule has 13 rings (SSSR count). The number of fused-ring (bicyclic) bond motifs is 12. The predicted octanol–water partition coefficient (Wildman–Crippen LogP) is 14.4. The first-order valence-corrected chi connectivity index (χ1v) is 21.6. The number of nitrogens with zero attached hydrogens (tertiary/aromatic N) is 4.